The maximum atomic E-state index is 12.7. The molecule has 0 N–H and O–H groups in total. The molecule has 2 aromatic carbocycles. The van der Waals surface area contributed by atoms with Gasteiger partial charge in [0.15, 0.2) is 5.82 Å². The molecule has 28 heavy (non-hydrogen) atoms. The predicted octanol–water partition coefficient (Wildman–Crippen LogP) is 3.16. The summed E-state index contributed by atoms with van der Waals surface area (Å²) < 4.78 is 12.7. The van der Waals surface area contributed by atoms with Gasteiger partial charge in [0.2, 0.25) is 4.96 Å². The lowest BCUT2D eigenvalue weighted by molar-refractivity contribution is 0.317. The van der Waals surface area contributed by atoms with Gasteiger partial charge in [0.25, 0.3) is 5.56 Å². The highest BCUT2D eigenvalue weighted by atomic mass is 32.1. The molecular formula is C21H19N3O3S. The Morgan fingerprint density at radius 3 is 2.43 bits per heavy atom. The van der Waals surface area contributed by atoms with Gasteiger partial charge in [-0.25, -0.2) is 0 Å². The van der Waals surface area contributed by atoms with Crippen molar-refractivity contribution in [1.82, 2.24) is 14.6 Å². The fourth-order valence-electron chi connectivity index (χ4n) is 2.73. The number of ether oxygens (including phenoxy) is 2. The molecule has 0 saturated heterocycles. The molecule has 142 valence electrons. The maximum absolute atomic E-state index is 12.7. The highest BCUT2D eigenvalue weighted by Crippen LogP contribution is 2.20. The van der Waals surface area contributed by atoms with Gasteiger partial charge in [-0.05, 0) is 54.5 Å². The van der Waals surface area contributed by atoms with Crippen molar-refractivity contribution in [3.63, 3.8) is 0 Å². The van der Waals surface area contributed by atoms with Crippen LogP contribution in [0.2, 0.25) is 0 Å². The lowest BCUT2D eigenvalue weighted by Crippen LogP contribution is -2.23. The molecule has 0 fully saturated rings. The van der Waals surface area contributed by atoms with Crippen LogP contribution < -0.4 is 19.6 Å². The predicted molar refractivity (Wildman–Crippen MR) is 110 cm³/mol. The van der Waals surface area contributed by atoms with Crippen LogP contribution in [0.25, 0.3) is 22.4 Å². The van der Waals surface area contributed by atoms with E-state index in [0.717, 1.165) is 29.0 Å². The average molecular weight is 393 g/mol. The minimum absolute atomic E-state index is 0.168. The van der Waals surface area contributed by atoms with Crippen LogP contribution in [0, 0.1) is 0 Å². The molecule has 0 aliphatic heterocycles. The van der Waals surface area contributed by atoms with E-state index in [1.165, 1.54) is 15.9 Å². The van der Waals surface area contributed by atoms with Crippen LogP contribution in [0.4, 0.5) is 0 Å². The van der Waals surface area contributed by atoms with Crippen LogP contribution in [0.3, 0.4) is 0 Å². The topological polar surface area (TPSA) is 65.7 Å². The Balaban J connectivity index is 1.64. The minimum Gasteiger partial charge on any atom is -0.497 e. The summed E-state index contributed by atoms with van der Waals surface area (Å²) in [4.78, 5) is 17.8. The van der Waals surface area contributed by atoms with E-state index in [-0.39, 0.29) is 5.56 Å². The molecule has 4 rings (SSSR count). The standard InChI is InChI=1S/C21H19N3O3S/c1-3-12-27-17-8-4-14(5-9-17)13-18-20(25)24-21(28-18)22-19(23-24)15-6-10-16(26-2)11-7-15/h4-11,13H,3,12H2,1-2H3/b18-13-. The molecule has 0 aliphatic rings. The van der Waals surface area contributed by atoms with Crippen molar-refractivity contribution in [1.29, 1.82) is 0 Å². The third-order valence-corrected chi connectivity index (χ3v) is 5.14. The van der Waals surface area contributed by atoms with Crippen molar-refractivity contribution in [3.8, 4) is 22.9 Å². The Hall–Kier alpha value is -3.19. The third-order valence-electron chi connectivity index (χ3n) is 4.18. The van der Waals surface area contributed by atoms with Gasteiger partial charge in [-0.15, -0.1) is 5.10 Å². The minimum atomic E-state index is -0.168. The van der Waals surface area contributed by atoms with Gasteiger partial charge >= 0.3 is 0 Å². The summed E-state index contributed by atoms with van der Waals surface area (Å²) in [7, 11) is 1.62. The van der Waals surface area contributed by atoms with Crippen LogP contribution in [0.1, 0.15) is 18.9 Å². The first-order valence-corrected chi connectivity index (χ1v) is 9.78. The van der Waals surface area contributed by atoms with Crippen LogP contribution in [-0.2, 0) is 0 Å². The van der Waals surface area contributed by atoms with E-state index < -0.39 is 0 Å². The molecule has 2 aromatic heterocycles. The Morgan fingerprint density at radius 1 is 1.07 bits per heavy atom. The molecule has 0 unspecified atom stereocenters. The average Bonchev–Trinajstić information content (AvgIpc) is 3.27. The zero-order valence-electron chi connectivity index (χ0n) is 15.6. The quantitative estimate of drug-likeness (QED) is 0.503. The number of methoxy groups -OCH3 is 1. The van der Waals surface area contributed by atoms with E-state index in [2.05, 4.69) is 17.0 Å². The van der Waals surface area contributed by atoms with E-state index in [9.17, 15) is 4.79 Å². The SMILES string of the molecule is CCCOc1ccc(/C=c2\sc3nc(-c4ccc(OC)cc4)nn3c2=O)cc1. The largest absolute Gasteiger partial charge is 0.497 e. The molecular weight excluding hydrogens is 374 g/mol. The lowest BCUT2D eigenvalue weighted by atomic mass is 10.2. The second kappa shape index (κ2) is 7.82. The summed E-state index contributed by atoms with van der Waals surface area (Å²) in [6.45, 7) is 2.76. The zero-order chi connectivity index (χ0) is 19.5. The number of rotatable bonds is 6. The van der Waals surface area contributed by atoms with Crippen molar-refractivity contribution in [3.05, 3.63) is 69.0 Å². The maximum Gasteiger partial charge on any atom is 0.291 e. The monoisotopic (exact) mass is 393 g/mol. The normalized spacial score (nSPS) is 11.9. The van der Waals surface area contributed by atoms with E-state index in [4.69, 9.17) is 9.47 Å². The molecule has 6 nitrogen and oxygen atoms in total. The molecule has 0 amide bonds. The van der Waals surface area contributed by atoms with Crippen molar-refractivity contribution in [2.45, 2.75) is 13.3 Å². The van der Waals surface area contributed by atoms with Gasteiger partial charge in [0.05, 0.1) is 18.2 Å². The van der Waals surface area contributed by atoms with E-state index in [1.54, 1.807) is 7.11 Å². The van der Waals surface area contributed by atoms with Gasteiger partial charge in [-0.2, -0.15) is 9.50 Å². The number of nitrogens with zero attached hydrogens (tertiary/aromatic N) is 3. The van der Waals surface area contributed by atoms with Crippen LogP contribution in [-0.4, -0.2) is 28.3 Å². The number of aromatic nitrogens is 3. The summed E-state index contributed by atoms with van der Waals surface area (Å²) in [6.07, 6.45) is 2.81. The Kier molecular flexibility index (Phi) is 5.08. The van der Waals surface area contributed by atoms with Crippen molar-refractivity contribution >= 4 is 22.4 Å². The number of benzene rings is 2. The Morgan fingerprint density at radius 2 is 1.79 bits per heavy atom. The fraction of sp³-hybridized carbons (Fsp3) is 0.190. The summed E-state index contributed by atoms with van der Waals surface area (Å²) in [5, 5.41) is 4.37. The summed E-state index contributed by atoms with van der Waals surface area (Å²) in [5.74, 6) is 2.11. The van der Waals surface area contributed by atoms with Gasteiger partial charge in [-0.3, -0.25) is 4.79 Å². The van der Waals surface area contributed by atoms with Gasteiger partial charge < -0.3 is 9.47 Å². The van der Waals surface area contributed by atoms with E-state index in [0.29, 0.717) is 21.9 Å². The molecule has 0 aliphatic carbocycles. The van der Waals surface area contributed by atoms with Crippen LogP contribution in [0.5, 0.6) is 11.5 Å². The van der Waals surface area contributed by atoms with E-state index in [1.807, 2.05) is 54.6 Å². The second-order valence-corrected chi connectivity index (χ2v) is 7.20. The highest BCUT2D eigenvalue weighted by Gasteiger charge is 2.12. The summed E-state index contributed by atoms with van der Waals surface area (Å²) in [5.41, 5.74) is 1.60. The number of fused-ring (bicyclic) bond motifs is 1. The number of hydrogen-bond donors (Lipinski definition) is 0. The number of hydrogen-bond acceptors (Lipinski definition) is 6. The highest BCUT2D eigenvalue weighted by molar-refractivity contribution is 7.15. The van der Waals surface area contributed by atoms with Gasteiger partial charge in [0.1, 0.15) is 11.5 Å². The molecule has 0 atom stereocenters. The van der Waals surface area contributed by atoms with Crippen molar-refractivity contribution < 1.29 is 9.47 Å². The molecule has 0 saturated carbocycles. The van der Waals surface area contributed by atoms with Crippen molar-refractivity contribution in [2.75, 3.05) is 13.7 Å². The third kappa shape index (κ3) is 3.61. The number of thiazole rings is 1. The smallest absolute Gasteiger partial charge is 0.291 e. The first-order valence-electron chi connectivity index (χ1n) is 8.96. The first-order chi connectivity index (χ1) is 13.7. The summed E-state index contributed by atoms with van der Waals surface area (Å²) >= 11 is 1.33. The molecule has 0 spiro atoms. The van der Waals surface area contributed by atoms with Crippen LogP contribution in [0.15, 0.2) is 53.3 Å². The molecule has 0 bridgehead atoms. The Bertz CT molecular complexity index is 1190. The molecule has 2 heterocycles. The van der Waals surface area contributed by atoms with Crippen molar-refractivity contribution in [2.24, 2.45) is 0 Å². The molecule has 7 heteroatoms. The molecule has 4 aromatic rings. The first kappa shape index (κ1) is 18.2. The Labute approximate surface area is 165 Å². The van der Waals surface area contributed by atoms with E-state index >= 15 is 0 Å². The summed E-state index contributed by atoms with van der Waals surface area (Å²) in [6, 6.07) is 15.1. The van der Waals surface area contributed by atoms with Gasteiger partial charge in [-0.1, -0.05) is 30.4 Å². The zero-order valence-corrected chi connectivity index (χ0v) is 16.4. The lowest BCUT2D eigenvalue weighted by Gasteiger charge is -2.03. The second-order valence-electron chi connectivity index (χ2n) is 6.19. The molecule has 0 radical (unpaired) electrons. The van der Waals surface area contributed by atoms with Crippen LogP contribution >= 0.6 is 11.3 Å². The van der Waals surface area contributed by atoms with Gasteiger partial charge in [0, 0.05) is 5.56 Å². The fourth-order valence-corrected chi connectivity index (χ4v) is 3.64.